The van der Waals surface area contributed by atoms with E-state index in [1.54, 1.807) is 0 Å². The number of hydrogen-bond acceptors (Lipinski definition) is 7. The van der Waals surface area contributed by atoms with Crippen LogP contribution in [-0.2, 0) is 13.0 Å². The molecule has 0 aliphatic heterocycles. The number of rotatable bonds is 6. The highest BCUT2D eigenvalue weighted by atomic mass is 16.5. The zero-order valence-corrected chi connectivity index (χ0v) is 8.79. The standard InChI is InChI=1S/C9H10N4O4/c14-9(15)7-3-6(16-13-7)4-10-2-1-8-11-5-12-17-8/h3,5,10H,1-2,4H2,(H,14,15). The molecule has 0 aromatic carbocycles. The Morgan fingerprint density at radius 1 is 1.47 bits per heavy atom. The SMILES string of the molecule is O=C(O)c1cc(CNCCc2ncno2)on1. The Kier molecular flexibility index (Phi) is 3.46. The Labute approximate surface area is 95.6 Å². The van der Waals surface area contributed by atoms with Gasteiger partial charge in [-0.25, -0.2) is 4.79 Å². The zero-order valence-electron chi connectivity index (χ0n) is 8.79. The number of aromatic nitrogens is 3. The fourth-order valence-corrected chi connectivity index (χ4v) is 1.21. The fourth-order valence-electron chi connectivity index (χ4n) is 1.21. The summed E-state index contributed by atoms with van der Waals surface area (Å²) in [5, 5.41) is 18.5. The highest BCUT2D eigenvalue weighted by Crippen LogP contribution is 2.03. The van der Waals surface area contributed by atoms with Gasteiger partial charge in [-0.1, -0.05) is 10.3 Å². The van der Waals surface area contributed by atoms with Crippen LogP contribution in [0.1, 0.15) is 22.1 Å². The van der Waals surface area contributed by atoms with Gasteiger partial charge in [0.25, 0.3) is 0 Å². The third-order valence-electron chi connectivity index (χ3n) is 2.00. The largest absolute Gasteiger partial charge is 0.476 e. The van der Waals surface area contributed by atoms with Crippen molar-refractivity contribution in [2.45, 2.75) is 13.0 Å². The molecule has 2 rings (SSSR count). The van der Waals surface area contributed by atoms with E-state index < -0.39 is 5.97 Å². The lowest BCUT2D eigenvalue weighted by molar-refractivity contribution is 0.0685. The molecule has 2 aromatic heterocycles. The van der Waals surface area contributed by atoms with Crippen LogP contribution >= 0.6 is 0 Å². The van der Waals surface area contributed by atoms with Gasteiger partial charge in [0.2, 0.25) is 5.89 Å². The summed E-state index contributed by atoms with van der Waals surface area (Å²) in [7, 11) is 0. The minimum absolute atomic E-state index is 0.0984. The molecule has 17 heavy (non-hydrogen) atoms. The van der Waals surface area contributed by atoms with Crippen LogP contribution in [-0.4, -0.2) is 32.9 Å². The van der Waals surface area contributed by atoms with Gasteiger partial charge >= 0.3 is 5.97 Å². The molecule has 0 amide bonds. The van der Waals surface area contributed by atoms with Crippen LogP contribution in [0.3, 0.4) is 0 Å². The van der Waals surface area contributed by atoms with Crippen LogP contribution in [0.2, 0.25) is 0 Å². The molecular weight excluding hydrogens is 228 g/mol. The Bertz CT molecular complexity index is 479. The molecule has 8 heteroatoms. The molecule has 0 saturated heterocycles. The lowest BCUT2D eigenvalue weighted by Crippen LogP contribution is -2.16. The van der Waals surface area contributed by atoms with Gasteiger partial charge in [-0.05, 0) is 0 Å². The quantitative estimate of drug-likeness (QED) is 0.680. The fraction of sp³-hybridized carbons (Fsp3) is 0.333. The van der Waals surface area contributed by atoms with Crippen LogP contribution in [0.4, 0.5) is 0 Å². The van der Waals surface area contributed by atoms with Crippen molar-refractivity contribution < 1.29 is 18.9 Å². The summed E-state index contributed by atoms with van der Waals surface area (Å²) in [5.41, 5.74) is -0.0984. The van der Waals surface area contributed by atoms with Gasteiger partial charge in [-0.2, -0.15) is 4.98 Å². The van der Waals surface area contributed by atoms with Gasteiger partial charge in [0.15, 0.2) is 17.8 Å². The van der Waals surface area contributed by atoms with Gasteiger partial charge in [-0.15, -0.1) is 0 Å². The van der Waals surface area contributed by atoms with Crippen molar-refractivity contribution in [3.05, 3.63) is 29.7 Å². The minimum atomic E-state index is -1.11. The van der Waals surface area contributed by atoms with Gasteiger partial charge in [0.05, 0.1) is 6.54 Å². The number of nitrogens with one attached hydrogen (secondary N) is 1. The van der Waals surface area contributed by atoms with Crippen molar-refractivity contribution >= 4 is 5.97 Å². The van der Waals surface area contributed by atoms with E-state index in [1.165, 1.54) is 12.4 Å². The summed E-state index contributed by atoms with van der Waals surface area (Å²) in [5.74, 6) is -0.0971. The number of carboxylic acids is 1. The van der Waals surface area contributed by atoms with Crippen LogP contribution in [0.25, 0.3) is 0 Å². The molecule has 0 bridgehead atoms. The van der Waals surface area contributed by atoms with Crippen molar-refractivity contribution in [2.24, 2.45) is 0 Å². The summed E-state index contributed by atoms with van der Waals surface area (Å²) in [4.78, 5) is 14.4. The van der Waals surface area contributed by atoms with E-state index in [0.29, 0.717) is 31.2 Å². The van der Waals surface area contributed by atoms with E-state index >= 15 is 0 Å². The monoisotopic (exact) mass is 238 g/mol. The highest BCUT2D eigenvalue weighted by molar-refractivity contribution is 5.85. The maximum absolute atomic E-state index is 10.5. The molecule has 0 unspecified atom stereocenters. The number of carbonyl (C=O) groups is 1. The number of nitrogens with zero attached hydrogens (tertiary/aromatic N) is 3. The van der Waals surface area contributed by atoms with Crippen LogP contribution < -0.4 is 5.32 Å². The van der Waals surface area contributed by atoms with Crippen molar-refractivity contribution in [3.8, 4) is 0 Å². The van der Waals surface area contributed by atoms with Gasteiger partial charge < -0.3 is 19.5 Å². The van der Waals surface area contributed by atoms with Crippen molar-refractivity contribution in [3.63, 3.8) is 0 Å². The molecule has 0 aliphatic rings. The molecule has 0 saturated carbocycles. The summed E-state index contributed by atoms with van der Waals surface area (Å²) >= 11 is 0. The maximum atomic E-state index is 10.5. The van der Waals surface area contributed by atoms with E-state index in [2.05, 4.69) is 20.6 Å². The first-order valence-electron chi connectivity index (χ1n) is 4.91. The van der Waals surface area contributed by atoms with Gasteiger partial charge in [0, 0.05) is 19.0 Å². The van der Waals surface area contributed by atoms with E-state index in [1.807, 2.05) is 0 Å². The Morgan fingerprint density at radius 2 is 2.35 bits per heavy atom. The number of carboxylic acid groups (broad SMARTS) is 1. The number of hydrogen-bond donors (Lipinski definition) is 2. The van der Waals surface area contributed by atoms with Crippen LogP contribution in [0.5, 0.6) is 0 Å². The first-order valence-corrected chi connectivity index (χ1v) is 4.91. The predicted molar refractivity (Wildman–Crippen MR) is 53.2 cm³/mol. The average Bonchev–Trinajstić information content (AvgIpc) is 2.96. The maximum Gasteiger partial charge on any atom is 0.358 e. The van der Waals surface area contributed by atoms with E-state index in [4.69, 9.17) is 14.2 Å². The van der Waals surface area contributed by atoms with Crippen LogP contribution in [0, 0.1) is 0 Å². The molecular formula is C9H10N4O4. The normalized spacial score (nSPS) is 10.6. The Balaban J connectivity index is 1.72. The van der Waals surface area contributed by atoms with Crippen LogP contribution in [0.15, 0.2) is 21.4 Å². The summed E-state index contributed by atoms with van der Waals surface area (Å²) in [6, 6.07) is 1.38. The van der Waals surface area contributed by atoms with Gasteiger partial charge in [-0.3, -0.25) is 0 Å². The van der Waals surface area contributed by atoms with Crippen molar-refractivity contribution in [1.82, 2.24) is 20.6 Å². The average molecular weight is 238 g/mol. The van der Waals surface area contributed by atoms with Gasteiger partial charge in [0.1, 0.15) is 0 Å². The van der Waals surface area contributed by atoms with E-state index in [9.17, 15) is 4.79 Å². The van der Waals surface area contributed by atoms with E-state index in [0.717, 1.165) is 0 Å². The second kappa shape index (κ2) is 5.21. The summed E-state index contributed by atoms with van der Waals surface area (Å²) in [6.07, 6.45) is 1.94. The molecule has 0 fully saturated rings. The smallest absolute Gasteiger partial charge is 0.358 e. The molecule has 0 spiro atoms. The molecule has 0 radical (unpaired) electrons. The lowest BCUT2D eigenvalue weighted by atomic mass is 10.3. The third kappa shape index (κ3) is 3.11. The zero-order chi connectivity index (χ0) is 12.1. The molecule has 90 valence electrons. The van der Waals surface area contributed by atoms with Crippen molar-refractivity contribution in [2.75, 3.05) is 6.54 Å². The first-order chi connectivity index (χ1) is 8.25. The Hall–Kier alpha value is -2.22. The van der Waals surface area contributed by atoms with Crippen molar-refractivity contribution in [1.29, 1.82) is 0 Å². The topological polar surface area (TPSA) is 114 Å². The predicted octanol–water partition coefficient (Wildman–Crippen LogP) is 0.0881. The third-order valence-corrected chi connectivity index (χ3v) is 2.00. The lowest BCUT2D eigenvalue weighted by Gasteiger charge is -1.97. The first kappa shape index (κ1) is 11.3. The highest BCUT2D eigenvalue weighted by Gasteiger charge is 2.10. The molecule has 0 aliphatic carbocycles. The molecule has 2 N–H and O–H groups in total. The molecule has 0 atom stereocenters. The molecule has 2 heterocycles. The summed E-state index contributed by atoms with van der Waals surface area (Å²) < 4.78 is 9.63. The second-order valence-corrected chi connectivity index (χ2v) is 3.25. The molecule has 8 nitrogen and oxygen atoms in total. The number of aromatic carboxylic acids is 1. The second-order valence-electron chi connectivity index (χ2n) is 3.25. The van der Waals surface area contributed by atoms with E-state index in [-0.39, 0.29) is 5.69 Å². The summed E-state index contributed by atoms with van der Waals surface area (Å²) in [6.45, 7) is 1.01. The molecule has 2 aromatic rings. The Morgan fingerprint density at radius 3 is 3.00 bits per heavy atom. The minimum Gasteiger partial charge on any atom is -0.476 e.